The monoisotopic (exact) mass is 374 g/mol. The summed E-state index contributed by atoms with van der Waals surface area (Å²) in [6, 6.07) is 0. The van der Waals surface area contributed by atoms with Gasteiger partial charge in [0.1, 0.15) is 0 Å². The lowest BCUT2D eigenvalue weighted by Gasteiger charge is -2.40. The molecular weight excluding hydrogens is 335 g/mol. The molecule has 1 N–H and O–H groups in total. The van der Waals surface area contributed by atoms with Crippen LogP contribution in [-0.4, -0.2) is 17.1 Å². The zero-order valence-electron chi connectivity index (χ0n) is 17.0. The van der Waals surface area contributed by atoms with Crippen LogP contribution in [0.15, 0.2) is 0 Å². The van der Waals surface area contributed by atoms with Gasteiger partial charge in [-0.3, -0.25) is 9.05 Å². The van der Waals surface area contributed by atoms with Crippen LogP contribution in [0.2, 0.25) is 0 Å². The lowest BCUT2D eigenvalue weighted by molar-refractivity contribution is -0.0223. The Labute approximate surface area is 154 Å². The third-order valence-corrected chi connectivity index (χ3v) is 7.53. The van der Waals surface area contributed by atoms with Gasteiger partial charge in [-0.15, -0.1) is 0 Å². The Balaban J connectivity index is 2.04. The fourth-order valence-corrected chi connectivity index (χ4v) is 6.06. The molecule has 0 amide bonds. The Morgan fingerprint density at radius 2 is 1.16 bits per heavy atom. The van der Waals surface area contributed by atoms with Gasteiger partial charge in [0.2, 0.25) is 0 Å². The summed E-state index contributed by atoms with van der Waals surface area (Å²) in [6.45, 7) is 13.1. The van der Waals surface area contributed by atoms with Gasteiger partial charge in [-0.2, -0.15) is 0 Å². The van der Waals surface area contributed by atoms with Gasteiger partial charge in [0.05, 0.1) is 12.2 Å². The van der Waals surface area contributed by atoms with Crippen molar-refractivity contribution in [3.8, 4) is 0 Å². The molecule has 2 aliphatic rings. The minimum atomic E-state index is -4.04. The first kappa shape index (κ1) is 21.4. The van der Waals surface area contributed by atoms with E-state index in [-0.39, 0.29) is 12.2 Å². The van der Waals surface area contributed by atoms with Crippen LogP contribution in [0.1, 0.15) is 80.1 Å². The second kappa shape index (κ2) is 8.87. The van der Waals surface area contributed by atoms with E-state index >= 15 is 0 Å². The molecule has 0 aliphatic heterocycles. The molecule has 2 saturated carbocycles. The van der Waals surface area contributed by atoms with Gasteiger partial charge < -0.3 is 4.89 Å². The Morgan fingerprint density at radius 1 is 0.800 bits per heavy atom. The standard InChI is InChI=1S/C20H39O4P/c1-13(2)17-9-7-15(5)11-19(17)23-25(21,22)24-20-12-16(6)8-10-18(20)14(3)4/h13-20H,7-12H2,1-6H3,(H,21,22). The first-order valence-electron chi connectivity index (χ1n) is 10.3. The van der Waals surface area contributed by atoms with Crippen LogP contribution in [-0.2, 0) is 13.6 Å². The normalized spacial score (nSPS) is 39.6. The number of phosphoric acid groups is 1. The van der Waals surface area contributed by atoms with E-state index in [1.54, 1.807) is 0 Å². The minimum absolute atomic E-state index is 0.168. The molecule has 2 aliphatic carbocycles. The highest BCUT2D eigenvalue weighted by Gasteiger charge is 2.41. The summed E-state index contributed by atoms with van der Waals surface area (Å²) < 4.78 is 24.4. The van der Waals surface area contributed by atoms with Crippen LogP contribution >= 0.6 is 7.82 Å². The summed E-state index contributed by atoms with van der Waals surface area (Å²) in [7, 11) is -4.04. The van der Waals surface area contributed by atoms with E-state index in [1.807, 2.05) is 0 Å². The summed E-state index contributed by atoms with van der Waals surface area (Å²) in [5.41, 5.74) is 0. The molecule has 25 heavy (non-hydrogen) atoms. The van der Waals surface area contributed by atoms with Gasteiger partial charge >= 0.3 is 7.82 Å². The van der Waals surface area contributed by atoms with Crippen molar-refractivity contribution in [1.29, 1.82) is 0 Å². The first-order valence-corrected chi connectivity index (χ1v) is 11.8. The average molecular weight is 375 g/mol. The molecular formula is C20H39O4P. The van der Waals surface area contributed by atoms with Crippen LogP contribution in [0.5, 0.6) is 0 Å². The lowest BCUT2D eigenvalue weighted by atomic mass is 9.75. The minimum Gasteiger partial charge on any atom is -0.302 e. The fraction of sp³-hybridized carbons (Fsp3) is 1.00. The second-order valence-electron chi connectivity index (χ2n) is 9.41. The highest BCUT2D eigenvalue weighted by Crippen LogP contribution is 2.53. The molecule has 5 heteroatoms. The molecule has 2 fully saturated rings. The van der Waals surface area contributed by atoms with Crippen LogP contribution in [0.3, 0.4) is 0 Å². The quantitative estimate of drug-likeness (QED) is 0.576. The van der Waals surface area contributed by atoms with Gasteiger partial charge in [0.15, 0.2) is 0 Å². The molecule has 0 radical (unpaired) electrons. The van der Waals surface area contributed by atoms with E-state index in [0.29, 0.717) is 35.5 Å². The Morgan fingerprint density at radius 3 is 1.48 bits per heavy atom. The zero-order valence-corrected chi connectivity index (χ0v) is 17.9. The van der Waals surface area contributed by atoms with Gasteiger partial charge in [-0.1, -0.05) is 54.4 Å². The van der Waals surface area contributed by atoms with Crippen molar-refractivity contribution in [2.24, 2.45) is 35.5 Å². The molecule has 4 nitrogen and oxygen atoms in total. The smallest absolute Gasteiger partial charge is 0.302 e. The molecule has 2 rings (SSSR count). The maximum atomic E-state index is 12.8. The van der Waals surface area contributed by atoms with Crippen molar-refractivity contribution in [3.05, 3.63) is 0 Å². The lowest BCUT2D eigenvalue weighted by Crippen LogP contribution is -2.36. The van der Waals surface area contributed by atoms with E-state index in [4.69, 9.17) is 9.05 Å². The number of hydrogen-bond acceptors (Lipinski definition) is 3. The van der Waals surface area contributed by atoms with Crippen LogP contribution < -0.4 is 0 Å². The van der Waals surface area contributed by atoms with E-state index in [2.05, 4.69) is 41.5 Å². The van der Waals surface area contributed by atoms with Gasteiger partial charge in [0, 0.05) is 0 Å². The van der Waals surface area contributed by atoms with E-state index in [9.17, 15) is 9.46 Å². The average Bonchev–Trinajstić information content (AvgIpc) is 2.45. The van der Waals surface area contributed by atoms with Crippen molar-refractivity contribution in [3.63, 3.8) is 0 Å². The second-order valence-corrected chi connectivity index (χ2v) is 10.8. The van der Waals surface area contributed by atoms with Crippen molar-refractivity contribution in [1.82, 2.24) is 0 Å². The maximum Gasteiger partial charge on any atom is 0.472 e. The molecule has 0 aromatic rings. The first-order chi connectivity index (χ1) is 11.6. The van der Waals surface area contributed by atoms with Crippen molar-refractivity contribution < 1.29 is 18.5 Å². The summed E-state index contributed by atoms with van der Waals surface area (Å²) in [4.78, 5) is 10.5. The summed E-state index contributed by atoms with van der Waals surface area (Å²) in [5.74, 6) is 2.67. The van der Waals surface area contributed by atoms with Gasteiger partial charge in [0.25, 0.3) is 0 Å². The number of rotatable bonds is 6. The van der Waals surface area contributed by atoms with Crippen LogP contribution in [0.25, 0.3) is 0 Å². The highest BCUT2D eigenvalue weighted by atomic mass is 31.2. The number of phosphoric ester groups is 1. The van der Waals surface area contributed by atoms with Crippen molar-refractivity contribution in [2.45, 2.75) is 92.3 Å². The summed E-state index contributed by atoms with van der Waals surface area (Å²) in [6.07, 6.45) is 5.86. The molecule has 0 heterocycles. The van der Waals surface area contributed by atoms with Gasteiger partial charge in [-0.25, -0.2) is 4.57 Å². The third-order valence-electron chi connectivity index (χ3n) is 6.46. The molecule has 6 atom stereocenters. The molecule has 0 spiro atoms. The summed E-state index contributed by atoms with van der Waals surface area (Å²) in [5, 5.41) is 0. The molecule has 6 unspecified atom stereocenters. The van der Waals surface area contributed by atoms with Crippen LogP contribution in [0.4, 0.5) is 0 Å². The zero-order chi connectivity index (χ0) is 18.8. The van der Waals surface area contributed by atoms with E-state index in [0.717, 1.165) is 25.7 Å². The van der Waals surface area contributed by atoms with Crippen molar-refractivity contribution >= 4 is 7.82 Å². The van der Waals surface area contributed by atoms with Gasteiger partial charge in [-0.05, 0) is 61.2 Å². The highest BCUT2D eigenvalue weighted by molar-refractivity contribution is 7.47. The molecule has 148 valence electrons. The predicted molar refractivity (Wildman–Crippen MR) is 102 cm³/mol. The maximum absolute atomic E-state index is 12.8. The SMILES string of the molecule is CC1CCC(C(C)C)C(OP(=O)(O)OC2CC(C)CCC2C(C)C)C1. The molecule has 0 aromatic heterocycles. The number of hydrogen-bond donors (Lipinski definition) is 1. The molecule has 0 saturated heterocycles. The largest absolute Gasteiger partial charge is 0.472 e. The predicted octanol–water partition coefficient (Wildman–Crippen LogP) is 6.04. The molecule has 0 bridgehead atoms. The Hall–Kier alpha value is 0.110. The Kier molecular flexibility index (Phi) is 7.59. The molecule has 0 aromatic carbocycles. The van der Waals surface area contributed by atoms with Crippen LogP contribution in [0, 0.1) is 35.5 Å². The Bertz CT molecular complexity index is 427. The van der Waals surface area contributed by atoms with Crippen molar-refractivity contribution in [2.75, 3.05) is 0 Å². The van der Waals surface area contributed by atoms with E-state index < -0.39 is 7.82 Å². The van der Waals surface area contributed by atoms with E-state index in [1.165, 1.54) is 12.8 Å². The fourth-order valence-electron chi connectivity index (χ4n) is 4.84. The topological polar surface area (TPSA) is 55.8 Å². The third kappa shape index (κ3) is 6.06. The summed E-state index contributed by atoms with van der Waals surface area (Å²) >= 11 is 0.